The number of hydrogen-bond acceptors (Lipinski definition) is 3. The van der Waals surface area contributed by atoms with Crippen LogP contribution in [0.3, 0.4) is 0 Å². The van der Waals surface area contributed by atoms with E-state index in [0.717, 1.165) is 5.75 Å². The summed E-state index contributed by atoms with van der Waals surface area (Å²) in [5.74, 6) is 1.16. The second-order valence-corrected chi connectivity index (χ2v) is 17.3. The lowest BCUT2D eigenvalue weighted by molar-refractivity contribution is 0.0397. The van der Waals surface area contributed by atoms with Crippen molar-refractivity contribution in [2.45, 2.75) is 238 Å². The van der Waals surface area contributed by atoms with Crippen LogP contribution in [0.1, 0.15) is 238 Å². The van der Waals surface area contributed by atoms with Crippen LogP contribution in [-0.2, 0) is 5.60 Å². The van der Waals surface area contributed by atoms with Crippen LogP contribution >= 0.6 is 22.7 Å². The molecule has 3 heterocycles. The third kappa shape index (κ3) is 16.9. The highest BCUT2D eigenvalue weighted by Crippen LogP contribution is 2.53. The van der Waals surface area contributed by atoms with Gasteiger partial charge >= 0.3 is 0 Å². The quantitative estimate of drug-likeness (QED) is 0.0661. The Kier molecular flexibility index (Phi) is 24.2. The zero-order chi connectivity index (χ0) is 33.8. The third-order valence-electron chi connectivity index (χ3n) is 11.2. The van der Waals surface area contributed by atoms with E-state index in [0.29, 0.717) is 0 Å². The molecule has 0 aromatic carbocycles. The Morgan fingerprint density at radius 2 is 0.708 bits per heavy atom. The summed E-state index contributed by atoms with van der Waals surface area (Å²) in [5, 5.41) is 4.55. The number of ether oxygens (including phenoxy) is 1. The standard InChI is InChI=1S/C45H78OS2/c1-3-5-7-9-11-13-15-17-19-21-23-25-27-29-31-33-37-45(41-35-39-47-43(41)44-42(46-45)36-40-48-44)38-34-32-30-28-26-24-22-20-18-16-14-12-10-8-6-4-2/h35-36,39-40H,3-34,37-38H2,1-2H3. The summed E-state index contributed by atoms with van der Waals surface area (Å²) in [6.07, 6.45) is 48.0. The van der Waals surface area contributed by atoms with Gasteiger partial charge in [-0.3, -0.25) is 0 Å². The first-order chi connectivity index (χ1) is 23.8. The monoisotopic (exact) mass is 699 g/mol. The van der Waals surface area contributed by atoms with E-state index in [2.05, 4.69) is 36.7 Å². The Morgan fingerprint density at radius 1 is 0.396 bits per heavy atom. The molecule has 3 heteroatoms. The van der Waals surface area contributed by atoms with Crippen molar-refractivity contribution in [1.82, 2.24) is 0 Å². The molecule has 0 saturated heterocycles. The van der Waals surface area contributed by atoms with Gasteiger partial charge in [0.1, 0.15) is 11.4 Å². The molecule has 2 aromatic heterocycles. The summed E-state index contributed by atoms with van der Waals surface area (Å²) in [6, 6.07) is 4.64. The molecule has 0 amide bonds. The molecule has 0 aliphatic carbocycles. The van der Waals surface area contributed by atoms with Gasteiger partial charge in [-0.15, -0.1) is 22.7 Å². The van der Waals surface area contributed by atoms with Gasteiger partial charge in [-0.05, 0) is 48.6 Å². The molecule has 48 heavy (non-hydrogen) atoms. The number of unbranched alkanes of at least 4 members (excludes halogenated alkanes) is 30. The van der Waals surface area contributed by atoms with E-state index in [1.54, 1.807) is 0 Å². The minimum absolute atomic E-state index is 0.102. The van der Waals surface area contributed by atoms with Gasteiger partial charge in [0.25, 0.3) is 0 Å². The van der Waals surface area contributed by atoms with Crippen molar-refractivity contribution in [1.29, 1.82) is 0 Å². The molecule has 0 radical (unpaired) electrons. The van der Waals surface area contributed by atoms with Crippen LogP contribution in [0.15, 0.2) is 22.9 Å². The fourth-order valence-electron chi connectivity index (χ4n) is 8.07. The molecule has 1 aliphatic heterocycles. The Hall–Kier alpha value is -0.800. The van der Waals surface area contributed by atoms with Crippen molar-refractivity contribution in [3.63, 3.8) is 0 Å². The summed E-state index contributed by atoms with van der Waals surface area (Å²) in [6.45, 7) is 4.62. The molecule has 0 N–H and O–H groups in total. The summed E-state index contributed by atoms with van der Waals surface area (Å²) in [5.41, 5.74) is 1.40. The summed E-state index contributed by atoms with van der Waals surface area (Å²) >= 11 is 3.79. The number of thiophene rings is 2. The van der Waals surface area contributed by atoms with Crippen molar-refractivity contribution < 1.29 is 4.74 Å². The lowest BCUT2D eigenvalue weighted by atomic mass is 9.81. The van der Waals surface area contributed by atoms with Gasteiger partial charge in [-0.25, -0.2) is 0 Å². The Morgan fingerprint density at radius 3 is 1.08 bits per heavy atom. The highest BCUT2D eigenvalue weighted by atomic mass is 32.1. The molecule has 0 spiro atoms. The van der Waals surface area contributed by atoms with Gasteiger partial charge in [-0.1, -0.05) is 206 Å². The van der Waals surface area contributed by atoms with Gasteiger partial charge < -0.3 is 4.74 Å². The van der Waals surface area contributed by atoms with E-state index in [-0.39, 0.29) is 5.60 Å². The minimum atomic E-state index is -0.102. The number of fused-ring (bicyclic) bond motifs is 3. The lowest BCUT2D eigenvalue weighted by Crippen LogP contribution is -2.35. The smallest absolute Gasteiger partial charge is 0.140 e. The van der Waals surface area contributed by atoms with Crippen molar-refractivity contribution in [2.75, 3.05) is 0 Å². The average molecular weight is 699 g/mol. The van der Waals surface area contributed by atoms with E-state index in [1.165, 1.54) is 234 Å². The fraction of sp³-hybridized carbons (Fsp3) is 0.822. The summed E-state index contributed by atoms with van der Waals surface area (Å²) < 4.78 is 7.01. The zero-order valence-electron chi connectivity index (χ0n) is 32.1. The van der Waals surface area contributed by atoms with Crippen molar-refractivity contribution in [2.24, 2.45) is 0 Å². The predicted octanol–water partition coefficient (Wildman–Crippen LogP) is 17.4. The average Bonchev–Trinajstić information content (AvgIpc) is 3.78. The van der Waals surface area contributed by atoms with Crippen LogP contribution < -0.4 is 4.74 Å². The largest absolute Gasteiger partial charge is 0.481 e. The molecule has 276 valence electrons. The van der Waals surface area contributed by atoms with Crippen LogP contribution in [-0.4, -0.2) is 0 Å². The van der Waals surface area contributed by atoms with Crippen LogP contribution in [0.5, 0.6) is 5.75 Å². The molecule has 0 atom stereocenters. The molecular weight excluding hydrogens is 621 g/mol. The first-order valence-electron chi connectivity index (χ1n) is 21.7. The van der Waals surface area contributed by atoms with Crippen molar-refractivity contribution in [3.05, 3.63) is 28.5 Å². The zero-order valence-corrected chi connectivity index (χ0v) is 33.7. The Labute approximate surface area is 307 Å². The molecule has 0 saturated carbocycles. The lowest BCUT2D eigenvalue weighted by Gasteiger charge is -2.38. The van der Waals surface area contributed by atoms with E-state index in [1.807, 2.05) is 22.7 Å². The molecule has 0 fully saturated rings. The number of hydrogen-bond donors (Lipinski definition) is 0. The molecular formula is C45H78OS2. The van der Waals surface area contributed by atoms with Crippen LogP contribution in [0.4, 0.5) is 0 Å². The molecule has 1 nitrogen and oxygen atoms in total. The van der Waals surface area contributed by atoms with Gasteiger partial charge in [0.2, 0.25) is 0 Å². The minimum Gasteiger partial charge on any atom is -0.481 e. The van der Waals surface area contributed by atoms with Crippen molar-refractivity contribution >= 4 is 22.7 Å². The van der Waals surface area contributed by atoms with Crippen LogP contribution in [0.25, 0.3) is 9.75 Å². The second-order valence-electron chi connectivity index (χ2n) is 15.5. The topological polar surface area (TPSA) is 9.23 Å². The van der Waals surface area contributed by atoms with E-state index in [4.69, 9.17) is 4.74 Å². The van der Waals surface area contributed by atoms with Gasteiger partial charge in [0, 0.05) is 5.56 Å². The Bertz CT molecular complexity index is 953. The molecule has 3 rings (SSSR count). The van der Waals surface area contributed by atoms with E-state index in [9.17, 15) is 0 Å². The normalized spacial score (nSPS) is 13.5. The van der Waals surface area contributed by atoms with Crippen LogP contribution in [0, 0.1) is 0 Å². The summed E-state index contributed by atoms with van der Waals surface area (Å²) in [4.78, 5) is 2.87. The third-order valence-corrected chi connectivity index (χ3v) is 13.1. The molecule has 1 aliphatic rings. The fourth-order valence-corrected chi connectivity index (χ4v) is 10.1. The van der Waals surface area contributed by atoms with Gasteiger partial charge in [0.05, 0.1) is 9.75 Å². The molecule has 0 bridgehead atoms. The molecule has 0 unspecified atom stereocenters. The maximum Gasteiger partial charge on any atom is 0.140 e. The second kappa shape index (κ2) is 27.9. The maximum atomic E-state index is 7.01. The molecule has 2 aromatic rings. The Balaban J connectivity index is 1.25. The maximum absolute atomic E-state index is 7.01. The summed E-state index contributed by atoms with van der Waals surface area (Å²) in [7, 11) is 0. The SMILES string of the molecule is CCCCCCCCCCCCCCCCCCC1(CCCCCCCCCCCCCCCCCC)Oc2ccsc2-c2sccc21. The highest BCUT2D eigenvalue weighted by Gasteiger charge is 2.41. The predicted molar refractivity (Wildman–Crippen MR) is 218 cm³/mol. The van der Waals surface area contributed by atoms with Crippen molar-refractivity contribution in [3.8, 4) is 15.5 Å². The van der Waals surface area contributed by atoms with E-state index < -0.39 is 0 Å². The van der Waals surface area contributed by atoms with Gasteiger partial charge in [0.15, 0.2) is 0 Å². The highest BCUT2D eigenvalue weighted by molar-refractivity contribution is 7.20. The van der Waals surface area contributed by atoms with E-state index >= 15 is 0 Å². The first-order valence-corrected chi connectivity index (χ1v) is 23.4. The van der Waals surface area contributed by atoms with Crippen LogP contribution in [0.2, 0.25) is 0 Å². The number of rotatable bonds is 34. The van der Waals surface area contributed by atoms with Gasteiger partial charge in [-0.2, -0.15) is 0 Å². The first kappa shape index (κ1) is 41.6.